The average Bonchev–Trinajstić information content (AvgIpc) is 4.07. The molecule has 2 fully saturated rings. The Bertz CT molecular complexity index is 2380. The van der Waals surface area contributed by atoms with Crippen LogP contribution in [0.25, 0.3) is 21.5 Å². The third-order valence-corrected chi connectivity index (χ3v) is 12.6. The topological polar surface area (TPSA) is 203 Å². The standard InChI is InChI=1S/C48H62N8O10S/c1-32-43(67-31-51-32)34-8-6-33(7-9-34)26-50-45(59)40-24-36(57)28-56(40)46(60)44(48(2,3)4)53-42(58)30-64-23-22-63-21-20-62-19-18-54-14-16-55(17-15-54)47-52-39-25-37(12-13-41(39)66-47)65-29-35-10-11-38(61-5)27-49-35/h6-13,25,27,31,36,40,44,57H,14-24,26,28-30H2,1-5H3,(H,50,59)(H,53,58)/t36-,40+,44?/m1/s1. The molecule has 3 aromatic heterocycles. The molecule has 0 saturated carbocycles. The van der Waals surface area contributed by atoms with Gasteiger partial charge in [0.05, 0.1) is 74.2 Å². The number of nitrogens with zero attached hydrogens (tertiary/aromatic N) is 6. The number of nitrogens with one attached hydrogen (secondary N) is 2. The lowest BCUT2D eigenvalue weighted by atomic mass is 9.85. The van der Waals surface area contributed by atoms with Gasteiger partial charge in [0.25, 0.3) is 6.01 Å². The van der Waals surface area contributed by atoms with Gasteiger partial charge in [-0.25, -0.2) is 4.98 Å². The molecule has 7 rings (SSSR count). The van der Waals surface area contributed by atoms with E-state index in [0.717, 1.165) is 65.6 Å². The number of pyridine rings is 1. The van der Waals surface area contributed by atoms with Crippen molar-refractivity contribution < 1.29 is 47.6 Å². The van der Waals surface area contributed by atoms with Crippen molar-refractivity contribution in [1.82, 2.24) is 35.4 Å². The van der Waals surface area contributed by atoms with Crippen LogP contribution in [0.15, 0.2) is 70.7 Å². The number of hydrogen-bond donors (Lipinski definition) is 3. The Morgan fingerprint density at radius 3 is 2.34 bits per heavy atom. The number of methoxy groups -OCH3 is 1. The molecular weight excluding hydrogens is 881 g/mol. The van der Waals surface area contributed by atoms with Crippen molar-refractivity contribution in [3.63, 3.8) is 0 Å². The van der Waals surface area contributed by atoms with E-state index in [2.05, 4.69) is 30.4 Å². The zero-order valence-electron chi connectivity index (χ0n) is 38.9. The number of rotatable bonds is 22. The van der Waals surface area contributed by atoms with Crippen molar-refractivity contribution in [3.8, 4) is 21.9 Å². The molecular formula is C48H62N8O10S. The molecule has 360 valence electrons. The summed E-state index contributed by atoms with van der Waals surface area (Å²) in [6.45, 7) is 13.6. The summed E-state index contributed by atoms with van der Waals surface area (Å²) in [4.78, 5) is 60.7. The second kappa shape index (κ2) is 23.3. The fraction of sp³-hybridized carbons (Fsp3) is 0.500. The molecule has 5 heterocycles. The minimum atomic E-state index is -0.955. The van der Waals surface area contributed by atoms with E-state index in [-0.39, 0.29) is 45.2 Å². The molecule has 0 radical (unpaired) electrons. The Hall–Kier alpha value is -5.70. The third kappa shape index (κ3) is 13.7. The smallest absolute Gasteiger partial charge is 0.298 e. The number of aryl methyl sites for hydroxylation is 1. The minimum Gasteiger partial charge on any atom is -0.495 e. The van der Waals surface area contributed by atoms with Crippen molar-refractivity contribution in [2.45, 2.75) is 65.5 Å². The maximum atomic E-state index is 13.9. The SMILES string of the molecule is COc1ccc(COc2ccc3oc(N4CCN(CCOCCOCCOCC(=O)NC(C(=O)N5C[C@H](O)C[C@H]5C(=O)NCc5ccc(-c6scnc6C)cc5)C(C)(C)C)CC4)nc3c2)nc1. The molecule has 2 aliphatic heterocycles. The first kappa shape index (κ1) is 49.2. The van der Waals surface area contributed by atoms with Crippen LogP contribution in [0, 0.1) is 12.3 Å². The van der Waals surface area contributed by atoms with Gasteiger partial charge < -0.3 is 53.6 Å². The van der Waals surface area contributed by atoms with Gasteiger partial charge in [-0.1, -0.05) is 45.0 Å². The molecule has 2 saturated heterocycles. The lowest BCUT2D eigenvalue weighted by Gasteiger charge is -2.35. The number of thiazole rings is 1. The Kier molecular flexibility index (Phi) is 17.1. The van der Waals surface area contributed by atoms with Crippen LogP contribution in [-0.4, -0.2) is 152 Å². The second-order valence-electron chi connectivity index (χ2n) is 17.7. The molecule has 19 heteroatoms. The molecule has 2 aromatic carbocycles. The molecule has 0 bridgehead atoms. The van der Waals surface area contributed by atoms with Crippen molar-refractivity contribution >= 4 is 46.2 Å². The van der Waals surface area contributed by atoms with Crippen LogP contribution < -0.4 is 25.0 Å². The van der Waals surface area contributed by atoms with Crippen molar-refractivity contribution in [2.75, 3.05) is 90.9 Å². The van der Waals surface area contributed by atoms with Crippen LogP contribution >= 0.6 is 11.3 Å². The van der Waals surface area contributed by atoms with E-state index < -0.39 is 35.4 Å². The average molecular weight is 943 g/mol. The van der Waals surface area contributed by atoms with Gasteiger partial charge in [-0.05, 0) is 47.7 Å². The zero-order valence-corrected chi connectivity index (χ0v) is 39.7. The van der Waals surface area contributed by atoms with Crippen molar-refractivity contribution in [2.24, 2.45) is 5.41 Å². The van der Waals surface area contributed by atoms with E-state index in [1.165, 1.54) is 4.90 Å². The fourth-order valence-corrected chi connectivity index (χ4v) is 8.65. The number of aromatic nitrogens is 3. The Morgan fingerprint density at radius 1 is 0.925 bits per heavy atom. The molecule has 1 unspecified atom stereocenters. The maximum absolute atomic E-state index is 13.9. The highest BCUT2D eigenvalue weighted by molar-refractivity contribution is 7.13. The summed E-state index contributed by atoms with van der Waals surface area (Å²) in [6, 6.07) is 16.0. The van der Waals surface area contributed by atoms with Gasteiger partial charge in [-0.3, -0.25) is 24.3 Å². The molecule has 18 nitrogen and oxygen atoms in total. The predicted molar refractivity (Wildman–Crippen MR) is 252 cm³/mol. The highest BCUT2D eigenvalue weighted by Gasteiger charge is 2.44. The van der Waals surface area contributed by atoms with Gasteiger partial charge in [0.15, 0.2) is 5.58 Å². The van der Waals surface area contributed by atoms with Crippen LogP contribution in [-0.2, 0) is 41.7 Å². The van der Waals surface area contributed by atoms with Crippen molar-refractivity contribution in [1.29, 1.82) is 0 Å². The molecule has 0 aliphatic carbocycles. The molecule has 2 aliphatic rings. The largest absolute Gasteiger partial charge is 0.495 e. The lowest BCUT2D eigenvalue weighted by molar-refractivity contribution is -0.144. The maximum Gasteiger partial charge on any atom is 0.298 e. The van der Waals surface area contributed by atoms with E-state index in [1.807, 2.05) is 87.8 Å². The van der Waals surface area contributed by atoms with E-state index in [0.29, 0.717) is 49.5 Å². The normalized spacial score (nSPS) is 17.2. The number of benzene rings is 2. The molecule has 3 N–H and O–H groups in total. The number of carbonyl (C=O) groups excluding carboxylic acids is 3. The number of piperazine rings is 1. The second-order valence-corrected chi connectivity index (χ2v) is 18.5. The van der Waals surface area contributed by atoms with Crippen LogP contribution in [0.3, 0.4) is 0 Å². The molecule has 5 aromatic rings. The first-order chi connectivity index (χ1) is 32.3. The highest BCUT2D eigenvalue weighted by Crippen LogP contribution is 2.30. The Labute approximate surface area is 394 Å². The highest BCUT2D eigenvalue weighted by atomic mass is 32.1. The number of anilines is 1. The molecule has 3 amide bonds. The summed E-state index contributed by atoms with van der Waals surface area (Å²) in [6.07, 6.45) is 0.902. The van der Waals surface area contributed by atoms with Crippen LogP contribution in [0.1, 0.15) is 44.1 Å². The Morgan fingerprint density at radius 2 is 1.66 bits per heavy atom. The summed E-state index contributed by atoms with van der Waals surface area (Å²) in [5.41, 5.74) is 6.27. The van der Waals surface area contributed by atoms with Gasteiger partial charge in [-0.2, -0.15) is 4.98 Å². The first-order valence-electron chi connectivity index (χ1n) is 22.6. The van der Waals surface area contributed by atoms with E-state index >= 15 is 0 Å². The van der Waals surface area contributed by atoms with E-state index in [1.54, 1.807) is 24.6 Å². The monoisotopic (exact) mass is 942 g/mol. The quantitative estimate of drug-likeness (QED) is 0.0832. The number of aliphatic hydroxyl groups is 1. The van der Waals surface area contributed by atoms with Crippen molar-refractivity contribution in [3.05, 3.63) is 83.3 Å². The zero-order chi connectivity index (χ0) is 47.3. The minimum absolute atomic E-state index is 0.00956. The number of fused-ring (bicyclic) bond motifs is 1. The van der Waals surface area contributed by atoms with Gasteiger partial charge in [-0.15, -0.1) is 11.3 Å². The van der Waals surface area contributed by atoms with Gasteiger partial charge in [0, 0.05) is 58.3 Å². The molecule has 3 atom stereocenters. The fourth-order valence-electron chi connectivity index (χ4n) is 7.84. The number of oxazole rings is 1. The summed E-state index contributed by atoms with van der Waals surface area (Å²) >= 11 is 1.57. The van der Waals surface area contributed by atoms with E-state index in [9.17, 15) is 19.5 Å². The number of hydrogen-bond acceptors (Lipinski definition) is 16. The number of carbonyl (C=O) groups is 3. The van der Waals surface area contributed by atoms with E-state index in [4.69, 9.17) is 33.1 Å². The summed E-state index contributed by atoms with van der Waals surface area (Å²) < 4.78 is 34.2. The third-order valence-electron chi connectivity index (χ3n) is 11.7. The molecule has 67 heavy (non-hydrogen) atoms. The Balaban J connectivity index is 0.740. The number of likely N-dealkylation sites (tertiary alicyclic amines) is 1. The van der Waals surface area contributed by atoms with Crippen LogP contribution in [0.2, 0.25) is 0 Å². The van der Waals surface area contributed by atoms with Crippen LogP contribution in [0.5, 0.6) is 11.5 Å². The number of β-amino-alcohol motifs (C(OH)–C–C–N with tert-alkyl or cyclic N) is 1. The molecule has 0 spiro atoms. The summed E-state index contributed by atoms with van der Waals surface area (Å²) in [7, 11) is 1.61. The lowest BCUT2D eigenvalue weighted by Crippen LogP contribution is -2.58. The number of amides is 3. The van der Waals surface area contributed by atoms with Crippen LogP contribution in [0.4, 0.5) is 6.01 Å². The number of ether oxygens (including phenoxy) is 5. The van der Waals surface area contributed by atoms with Gasteiger partial charge in [0.1, 0.15) is 42.3 Å². The number of aliphatic hydroxyl groups excluding tert-OH is 1. The summed E-state index contributed by atoms with van der Waals surface area (Å²) in [5.74, 6) is 0.113. The predicted octanol–water partition coefficient (Wildman–Crippen LogP) is 4.22. The van der Waals surface area contributed by atoms with Gasteiger partial charge >= 0.3 is 0 Å². The van der Waals surface area contributed by atoms with Gasteiger partial charge in [0.2, 0.25) is 17.7 Å². The first-order valence-corrected chi connectivity index (χ1v) is 23.5. The summed E-state index contributed by atoms with van der Waals surface area (Å²) in [5, 5.41) is 16.3.